The molecule has 15 heavy (non-hydrogen) atoms. The van der Waals surface area contributed by atoms with E-state index in [0.29, 0.717) is 13.2 Å². The maximum absolute atomic E-state index is 11.3. The minimum absolute atomic E-state index is 0.347. The second-order valence-electron chi connectivity index (χ2n) is 2.94. The molecule has 88 valence electrons. The van der Waals surface area contributed by atoms with E-state index in [2.05, 4.69) is 5.32 Å². The lowest BCUT2D eigenvalue weighted by Gasteiger charge is -2.19. The van der Waals surface area contributed by atoms with Gasteiger partial charge in [0, 0.05) is 20.7 Å². The van der Waals surface area contributed by atoms with Crippen molar-refractivity contribution in [2.75, 3.05) is 33.9 Å². The number of carboxylic acid groups (broad SMARTS) is 1. The Morgan fingerprint density at radius 3 is 2.53 bits per heavy atom. The van der Waals surface area contributed by atoms with Gasteiger partial charge in [-0.2, -0.15) is 0 Å². The lowest BCUT2D eigenvalue weighted by Crippen LogP contribution is -2.49. The average Bonchev–Trinajstić information content (AvgIpc) is 2.21. The number of carbonyl (C=O) groups is 2. The minimum Gasteiger partial charge on any atom is -0.480 e. The summed E-state index contributed by atoms with van der Waals surface area (Å²) < 4.78 is 4.75. The molecule has 1 unspecified atom stereocenters. The van der Waals surface area contributed by atoms with Crippen LogP contribution in [0.3, 0.4) is 0 Å². The minimum atomic E-state index is -1.28. The lowest BCUT2D eigenvalue weighted by atomic mass is 10.3. The largest absolute Gasteiger partial charge is 0.480 e. The van der Waals surface area contributed by atoms with Gasteiger partial charge in [-0.05, 0) is 0 Å². The summed E-state index contributed by atoms with van der Waals surface area (Å²) in [4.78, 5) is 23.1. The Morgan fingerprint density at radius 1 is 1.53 bits per heavy atom. The molecular weight excluding hydrogens is 204 g/mol. The quantitative estimate of drug-likeness (QED) is 0.518. The molecule has 0 aliphatic heterocycles. The predicted octanol–water partition coefficient (Wildman–Crippen LogP) is -1.28. The molecule has 0 aromatic carbocycles. The summed E-state index contributed by atoms with van der Waals surface area (Å²) in [6, 6.07) is -1.84. The van der Waals surface area contributed by atoms with Crippen molar-refractivity contribution >= 4 is 12.0 Å². The van der Waals surface area contributed by atoms with E-state index in [0.717, 1.165) is 0 Å². The topological polar surface area (TPSA) is 99.1 Å². The third kappa shape index (κ3) is 5.18. The highest BCUT2D eigenvalue weighted by Crippen LogP contribution is 1.89. The zero-order chi connectivity index (χ0) is 11.8. The normalized spacial score (nSPS) is 11.9. The van der Waals surface area contributed by atoms with Crippen LogP contribution < -0.4 is 5.32 Å². The third-order valence-electron chi connectivity index (χ3n) is 1.76. The second kappa shape index (κ2) is 7.02. The van der Waals surface area contributed by atoms with E-state index in [4.69, 9.17) is 14.9 Å². The number of nitrogens with one attached hydrogen (secondary N) is 1. The van der Waals surface area contributed by atoms with Gasteiger partial charge in [0.05, 0.1) is 13.2 Å². The number of aliphatic carboxylic acids is 1. The van der Waals surface area contributed by atoms with Gasteiger partial charge in [-0.15, -0.1) is 0 Å². The van der Waals surface area contributed by atoms with E-state index >= 15 is 0 Å². The van der Waals surface area contributed by atoms with E-state index < -0.39 is 24.6 Å². The number of ether oxygens (including phenoxy) is 1. The van der Waals surface area contributed by atoms with E-state index in [1.165, 1.54) is 19.1 Å². The van der Waals surface area contributed by atoms with Crippen LogP contribution in [0.5, 0.6) is 0 Å². The highest BCUT2D eigenvalue weighted by atomic mass is 16.5. The first-order valence-electron chi connectivity index (χ1n) is 4.37. The van der Waals surface area contributed by atoms with E-state index in [9.17, 15) is 9.59 Å². The van der Waals surface area contributed by atoms with Crippen LogP contribution in [0, 0.1) is 0 Å². The highest BCUT2D eigenvalue weighted by molar-refractivity contribution is 5.82. The number of hydrogen-bond acceptors (Lipinski definition) is 4. The van der Waals surface area contributed by atoms with Crippen LogP contribution in [0.4, 0.5) is 4.79 Å². The molecule has 0 spiro atoms. The standard InChI is InChI=1S/C8H16N2O5/c1-10(3-4-15-2)8(14)9-6(5-11)7(12)13/h6,11H,3-5H2,1-2H3,(H,9,14)(H,12,13). The molecule has 3 N–H and O–H groups in total. The molecule has 2 amide bonds. The van der Waals surface area contributed by atoms with Crippen molar-refractivity contribution in [2.45, 2.75) is 6.04 Å². The molecule has 1 atom stereocenters. The van der Waals surface area contributed by atoms with Gasteiger partial charge >= 0.3 is 12.0 Å². The fourth-order valence-corrected chi connectivity index (χ4v) is 0.774. The fraction of sp³-hybridized carbons (Fsp3) is 0.750. The van der Waals surface area contributed by atoms with Crippen LogP contribution in [0.15, 0.2) is 0 Å². The Morgan fingerprint density at radius 2 is 2.13 bits per heavy atom. The number of nitrogens with zero attached hydrogens (tertiary/aromatic N) is 1. The number of amides is 2. The summed E-state index contributed by atoms with van der Waals surface area (Å²) in [7, 11) is 3.00. The molecular formula is C8H16N2O5. The molecule has 0 saturated heterocycles. The monoisotopic (exact) mass is 220 g/mol. The van der Waals surface area contributed by atoms with Crippen molar-refractivity contribution in [3.8, 4) is 0 Å². The van der Waals surface area contributed by atoms with Gasteiger partial charge < -0.3 is 25.2 Å². The van der Waals surface area contributed by atoms with Crippen molar-refractivity contribution in [3.05, 3.63) is 0 Å². The Kier molecular flexibility index (Phi) is 6.39. The van der Waals surface area contributed by atoms with Crippen LogP contribution in [-0.2, 0) is 9.53 Å². The zero-order valence-electron chi connectivity index (χ0n) is 8.77. The number of urea groups is 1. The number of likely N-dealkylation sites (N-methyl/N-ethyl adjacent to an activating group) is 1. The zero-order valence-corrected chi connectivity index (χ0v) is 8.77. The SMILES string of the molecule is COCCN(C)C(=O)NC(CO)C(=O)O. The highest BCUT2D eigenvalue weighted by Gasteiger charge is 2.20. The summed E-state index contributed by atoms with van der Waals surface area (Å²) in [5.41, 5.74) is 0. The van der Waals surface area contributed by atoms with Gasteiger partial charge in [0.2, 0.25) is 0 Å². The summed E-state index contributed by atoms with van der Waals surface area (Å²) in [5.74, 6) is -1.27. The maximum Gasteiger partial charge on any atom is 0.328 e. The van der Waals surface area contributed by atoms with Gasteiger partial charge in [-0.25, -0.2) is 9.59 Å². The van der Waals surface area contributed by atoms with Gasteiger partial charge in [0.1, 0.15) is 0 Å². The molecule has 0 heterocycles. The first kappa shape index (κ1) is 13.7. The molecule has 0 aliphatic rings. The number of aliphatic hydroxyl groups is 1. The smallest absolute Gasteiger partial charge is 0.328 e. The molecule has 7 heteroatoms. The molecule has 7 nitrogen and oxygen atoms in total. The average molecular weight is 220 g/mol. The van der Waals surface area contributed by atoms with Crippen LogP contribution in [0.2, 0.25) is 0 Å². The van der Waals surface area contributed by atoms with Gasteiger partial charge in [-0.3, -0.25) is 0 Å². The molecule has 0 radical (unpaired) electrons. The number of carbonyl (C=O) groups excluding carboxylic acids is 1. The number of rotatable bonds is 6. The Labute approximate surface area is 87.6 Å². The van der Waals surface area contributed by atoms with Crippen molar-refractivity contribution < 1.29 is 24.5 Å². The number of aliphatic hydroxyl groups excluding tert-OH is 1. The van der Waals surface area contributed by atoms with Crippen molar-refractivity contribution in [1.82, 2.24) is 10.2 Å². The van der Waals surface area contributed by atoms with E-state index in [1.54, 1.807) is 0 Å². The van der Waals surface area contributed by atoms with Crippen molar-refractivity contribution in [3.63, 3.8) is 0 Å². The fourth-order valence-electron chi connectivity index (χ4n) is 0.774. The van der Waals surface area contributed by atoms with Crippen LogP contribution >= 0.6 is 0 Å². The second-order valence-corrected chi connectivity index (χ2v) is 2.94. The first-order chi connectivity index (χ1) is 7.02. The number of methoxy groups -OCH3 is 1. The van der Waals surface area contributed by atoms with Gasteiger partial charge in [0.25, 0.3) is 0 Å². The first-order valence-corrected chi connectivity index (χ1v) is 4.37. The number of carboxylic acids is 1. The van der Waals surface area contributed by atoms with Gasteiger partial charge in [-0.1, -0.05) is 0 Å². The number of hydrogen-bond donors (Lipinski definition) is 3. The van der Waals surface area contributed by atoms with E-state index in [-0.39, 0.29) is 0 Å². The molecule has 0 aromatic heterocycles. The summed E-state index contributed by atoms with van der Waals surface area (Å²) in [6.45, 7) is 0.0695. The van der Waals surface area contributed by atoms with Gasteiger partial charge in [0.15, 0.2) is 6.04 Å². The van der Waals surface area contributed by atoms with Crippen LogP contribution in [0.1, 0.15) is 0 Å². The molecule has 0 rings (SSSR count). The predicted molar refractivity (Wildman–Crippen MR) is 51.5 cm³/mol. The van der Waals surface area contributed by atoms with Crippen LogP contribution in [-0.4, -0.2) is 67.1 Å². The molecule has 0 aromatic rings. The Balaban J connectivity index is 4.04. The van der Waals surface area contributed by atoms with Crippen molar-refractivity contribution in [1.29, 1.82) is 0 Å². The lowest BCUT2D eigenvalue weighted by molar-refractivity contribution is -0.140. The summed E-state index contributed by atoms with van der Waals surface area (Å²) >= 11 is 0. The molecule has 0 saturated carbocycles. The van der Waals surface area contributed by atoms with Crippen molar-refractivity contribution in [2.24, 2.45) is 0 Å². The molecule has 0 fully saturated rings. The molecule has 0 bridgehead atoms. The Hall–Kier alpha value is -1.34. The summed E-state index contributed by atoms with van der Waals surface area (Å²) in [6.07, 6.45) is 0. The Bertz CT molecular complexity index is 221. The van der Waals surface area contributed by atoms with E-state index in [1.807, 2.05) is 0 Å². The van der Waals surface area contributed by atoms with Crippen LogP contribution in [0.25, 0.3) is 0 Å². The molecule has 0 aliphatic carbocycles. The maximum atomic E-state index is 11.3. The summed E-state index contributed by atoms with van der Waals surface area (Å²) in [5, 5.41) is 19.4. The third-order valence-corrected chi connectivity index (χ3v) is 1.76.